The number of primary amides is 1. The van der Waals surface area contributed by atoms with Crippen molar-refractivity contribution in [3.63, 3.8) is 0 Å². The number of ether oxygens (including phenoxy) is 1. The molecule has 0 unspecified atom stereocenters. The summed E-state index contributed by atoms with van der Waals surface area (Å²) in [5.74, 6) is 0.226. The lowest BCUT2D eigenvalue weighted by Gasteiger charge is -2.21. The van der Waals surface area contributed by atoms with E-state index < -0.39 is 5.91 Å². The molecule has 0 aliphatic carbocycles. The monoisotopic (exact) mass is 496 g/mol. The van der Waals surface area contributed by atoms with Crippen LogP contribution in [-0.2, 0) is 17.8 Å². The van der Waals surface area contributed by atoms with E-state index in [1.165, 1.54) is 11.3 Å². The van der Waals surface area contributed by atoms with Crippen LogP contribution in [0.4, 0.5) is 0 Å². The summed E-state index contributed by atoms with van der Waals surface area (Å²) < 4.78 is 8.34. The first-order valence-electron chi connectivity index (χ1n) is 11.1. The van der Waals surface area contributed by atoms with Gasteiger partial charge in [-0.25, -0.2) is 4.98 Å². The molecule has 4 rings (SSSR count). The summed E-state index contributed by atoms with van der Waals surface area (Å²) in [5, 5.41) is 4.12. The third kappa shape index (κ3) is 5.60. The fraction of sp³-hybridized carbons (Fsp3) is 0.308. The summed E-state index contributed by atoms with van der Waals surface area (Å²) in [4.78, 5) is 17.9. The Kier molecular flexibility index (Phi) is 6.98. The third-order valence-electron chi connectivity index (χ3n) is 5.40. The molecule has 0 aliphatic rings. The summed E-state index contributed by atoms with van der Waals surface area (Å²) in [6.45, 7) is 9.07. The summed E-state index contributed by atoms with van der Waals surface area (Å²) in [7, 11) is 0. The van der Waals surface area contributed by atoms with E-state index >= 15 is 0 Å². The van der Waals surface area contributed by atoms with E-state index in [9.17, 15) is 4.79 Å². The van der Waals surface area contributed by atoms with Gasteiger partial charge in [0, 0.05) is 34.9 Å². The van der Waals surface area contributed by atoms with Crippen LogP contribution in [0.25, 0.3) is 16.2 Å². The highest BCUT2D eigenvalue weighted by atomic mass is 35.5. The zero-order valence-electron chi connectivity index (χ0n) is 19.8. The van der Waals surface area contributed by atoms with Crippen LogP contribution in [0.3, 0.4) is 0 Å². The molecule has 6 nitrogen and oxygen atoms in total. The maximum atomic E-state index is 11.7. The highest BCUT2D eigenvalue weighted by molar-refractivity contribution is 7.15. The maximum Gasteiger partial charge on any atom is 0.222 e. The van der Waals surface area contributed by atoms with Crippen LogP contribution >= 0.6 is 22.9 Å². The molecule has 0 aliphatic heterocycles. The first kappa shape index (κ1) is 24.3. The lowest BCUT2D eigenvalue weighted by molar-refractivity contribution is -0.117. The van der Waals surface area contributed by atoms with Gasteiger partial charge in [0.2, 0.25) is 5.91 Å². The van der Waals surface area contributed by atoms with Crippen LogP contribution in [0.1, 0.15) is 49.8 Å². The molecule has 1 amide bonds. The number of thiophene rings is 1. The second-order valence-electron chi connectivity index (χ2n) is 9.33. The average molecular weight is 497 g/mol. The number of halogens is 1. The van der Waals surface area contributed by atoms with Crippen LogP contribution in [0.5, 0.6) is 5.75 Å². The smallest absolute Gasteiger partial charge is 0.222 e. The molecule has 3 heterocycles. The molecule has 0 saturated heterocycles. The number of rotatable bonds is 8. The van der Waals surface area contributed by atoms with E-state index in [0.717, 1.165) is 38.8 Å². The Bertz CT molecular complexity index is 1320. The van der Waals surface area contributed by atoms with Gasteiger partial charge in [-0.15, -0.1) is 11.3 Å². The van der Waals surface area contributed by atoms with E-state index in [2.05, 4.69) is 37.1 Å². The van der Waals surface area contributed by atoms with Gasteiger partial charge in [0.25, 0.3) is 0 Å². The van der Waals surface area contributed by atoms with Crippen LogP contribution in [0.15, 0.2) is 54.9 Å². The van der Waals surface area contributed by atoms with Crippen molar-refractivity contribution in [1.29, 1.82) is 0 Å². The largest absolute Gasteiger partial charge is 0.485 e. The summed E-state index contributed by atoms with van der Waals surface area (Å²) in [5.41, 5.74) is 9.32. The quantitative estimate of drug-likeness (QED) is 0.324. The van der Waals surface area contributed by atoms with Crippen molar-refractivity contribution in [3.05, 3.63) is 75.9 Å². The van der Waals surface area contributed by atoms with E-state index in [1.807, 2.05) is 60.1 Å². The average Bonchev–Trinajstić information content (AvgIpc) is 3.35. The Balaban J connectivity index is 1.59. The Morgan fingerprint density at radius 1 is 1.26 bits per heavy atom. The minimum Gasteiger partial charge on any atom is -0.485 e. The first-order valence-corrected chi connectivity index (χ1v) is 12.3. The van der Waals surface area contributed by atoms with E-state index in [1.54, 1.807) is 0 Å². The molecule has 178 valence electrons. The molecule has 3 aromatic heterocycles. The molecular formula is C26H29ClN4O2S. The van der Waals surface area contributed by atoms with Crippen molar-refractivity contribution in [2.75, 3.05) is 0 Å². The normalized spacial score (nSPS) is 12.7. The Morgan fingerprint density at radius 3 is 2.76 bits per heavy atom. The molecule has 0 saturated carbocycles. The minimum absolute atomic E-state index is 0.0237. The van der Waals surface area contributed by atoms with Crippen molar-refractivity contribution in [2.24, 2.45) is 5.73 Å². The number of hydrogen-bond acceptors (Lipinski definition) is 5. The number of pyridine rings is 1. The van der Waals surface area contributed by atoms with E-state index in [-0.39, 0.29) is 18.1 Å². The van der Waals surface area contributed by atoms with Gasteiger partial charge in [-0.1, -0.05) is 29.8 Å². The summed E-state index contributed by atoms with van der Waals surface area (Å²) in [6, 6.07) is 13.8. The highest BCUT2D eigenvalue weighted by Gasteiger charge is 2.20. The van der Waals surface area contributed by atoms with Crippen molar-refractivity contribution in [2.45, 2.75) is 52.3 Å². The topological polar surface area (TPSA) is 81.7 Å². The second kappa shape index (κ2) is 9.78. The number of amides is 1. The SMILES string of the molecule is C[C@@H](Oc1cc(-c2cnc3ccccn23)sc1CC(N)=O)c1ccc(CNC(C)(C)C)cc1Cl. The van der Waals surface area contributed by atoms with Crippen LogP contribution in [0.2, 0.25) is 5.02 Å². The molecule has 3 N–H and O–H groups in total. The molecule has 8 heteroatoms. The number of nitrogens with two attached hydrogens (primary N) is 1. The second-order valence-corrected chi connectivity index (χ2v) is 10.9. The fourth-order valence-corrected chi connectivity index (χ4v) is 5.13. The number of imidazole rings is 1. The van der Waals surface area contributed by atoms with Gasteiger partial charge in [0.1, 0.15) is 17.5 Å². The molecule has 34 heavy (non-hydrogen) atoms. The number of aromatic nitrogens is 2. The predicted octanol–water partition coefficient (Wildman–Crippen LogP) is 5.77. The molecule has 0 spiro atoms. The lowest BCUT2D eigenvalue weighted by atomic mass is 10.1. The zero-order valence-corrected chi connectivity index (χ0v) is 21.3. The number of carbonyl (C=O) groups excluding carboxylic acids is 1. The molecular weight excluding hydrogens is 468 g/mol. The predicted molar refractivity (Wildman–Crippen MR) is 138 cm³/mol. The molecule has 0 radical (unpaired) electrons. The van der Waals surface area contributed by atoms with Gasteiger partial charge >= 0.3 is 0 Å². The van der Waals surface area contributed by atoms with E-state index in [4.69, 9.17) is 22.1 Å². The van der Waals surface area contributed by atoms with Gasteiger partial charge in [-0.3, -0.25) is 9.20 Å². The summed E-state index contributed by atoms with van der Waals surface area (Å²) in [6.07, 6.45) is 3.58. The number of carbonyl (C=O) groups is 1. The Labute approximate surface area is 208 Å². The molecule has 4 aromatic rings. The van der Waals surface area contributed by atoms with Crippen LogP contribution in [-0.4, -0.2) is 20.8 Å². The fourth-order valence-electron chi connectivity index (χ4n) is 3.67. The van der Waals surface area contributed by atoms with Crippen molar-refractivity contribution >= 4 is 34.5 Å². The van der Waals surface area contributed by atoms with Crippen molar-refractivity contribution < 1.29 is 9.53 Å². The van der Waals surface area contributed by atoms with Gasteiger partial charge in [-0.2, -0.15) is 0 Å². The molecule has 1 aromatic carbocycles. The lowest BCUT2D eigenvalue weighted by Crippen LogP contribution is -2.35. The number of nitrogens with one attached hydrogen (secondary N) is 1. The van der Waals surface area contributed by atoms with Crippen molar-refractivity contribution in [1.82, 2.24) is 14.7 Å². The van der Waals surface area contributed by atoms with Gasteiger partial charge < -0.3 is 15.8 Å². The number of hydrogen-bond donors (Lipinski definition) is 2. The Hall–Kier alpha value is -2.87. The van der Waals surface area contributed by atoms with Gasteiger partial charge in [-0.05, 0) is 51.5 Å². The zero-order chi connectivity index (χ0) is 24.5. The molecule has 0 fully saturated rings. The number of benzene rings is 1. The highest BCUT2D eigenvalue weighted by Crippen LogP contribution is 2.39. The molecule has 1 atom stereocenters. The number of nitrogens with zero attached hydrogens (tertiary/aromatic N) is 2. The van der Waals surface area contributed by atoms with Crippen LogP contribution in [0, 0.1) is 0 Å². The maximum absolute atomic E-state index is 11.7. The Morgan fingerprint density at radius 2 is 2.06 bits per heavy atom. The van der Waals surface area contributed by atoms with E-state index in [0.29, 0.717) is 10.8 Å². The molecule has 0 bridgehead atoms. The number of fused-ring (bicyclic) bond motifs is 1. The van der Waals surface area contributed by atoms with Gasteiger partial charge in [0.15, 0.2) is 0 Å². The third-order valence-corrected chi connectivity index (χ3v) is 6.87. The first-order chi connectivity index (χ1) is 16.1. The summed E-state index contributed by atoms with van der Waals surface area (Å²) >= 11 is 8.11. The van der Waals surface area contributed by atoms with Crippen LogP contribution < -0.4 is 15.8 Å². The van der Waals surface area contributed by atoms with Gasteiger partial charge in [0.05, 0.1) is 28.1 Å². The minimum atomic E-state index is -0.405. The standard InChI is InChI=1S/C26H29ClN4O2S/c1-16(18-9-8-17(11-19(18)27)14-30-26(2,3)4)33-21-12-22(34-23(21)13-24(28)32)20-15-29-25-7-5-6-10-31(20)25/h5-12,15-16,30H,13-14H2,1-4H3,(H2,28,32)/t16-/m1/s1. The van der Waals surface area contributed by atoms with Crippen molar-refractivity contribution in [3.8, 4) is 16.3 Å².